The quantitative estimate of drug-likeness (QED) is 0.248. The molecule has 1 aromatic rings. The topological polar surface area (TPSA) is 62.6 Å². The van der Waals surface area contributed by atoms with Crippen molar-refractivity contribution in [3.05, 3.63) is 23.8 Å². The highest BCUT2D eigenvalue weighted by atomic mass is 35.5. The van der Waals surface area contributed by atoms with Crippen LogP contribution in [0, 0.1) is 6.92 Å². The highest BCUT2D eigenvalue weighted by molar-refractivity contribution is 7.48. The maximum Gasteiger partial charge on any atom is 0.530 e. The number of rotatable bonds is 9. The first kappa shape index (κ1) is 23.5. The molecule has 1 aliphatic rings. The first-order valence-corrected chi connectivity index (χ1v) is 12.1. The van der Waals surface area contributed by atoms with Gasteiger partial charge in [0.1, 0.15) is 0 Å². The van der Waals surface area contributed by atoms with Crippen molar-refractivity contribution in [2.45, 2.75) is 97.3 Å². The smallest absolute Gasteiger partial charge is 0.400 e. The molecule has 0 aromatic carbocycles. The van der Waals surface area contributed by atoms with Gasteiger partial charge >= 0.3 is 7.82 Å². The number of halogens is 1. The third kappa shape index (κ3) is 6.62. The van der Waals surface area contributed by atoms with E-state index in [2.05, 4.69) is 9.55 Å². The molecule has 1 heterocycles. The van der Waals surface area contributed by atoms with Crippen LogP contribution in [0.2, 0.25) is 0 Å². The largest absolute Gasteiger partial charge is 0.530 e. The second-order valence-electron chi connectivity index (χ2n) is 7.94. The van der Waals surface area contributed by atoms with Crippen molar-refractivity contribution in [1.29, 1.82) is 0 Å². The lowest BCUT2D eigenvalue weighted by atomic mass is 9.95. The van der Waals surface area contributed by atoms with Gasteiger partial charge in [0.15, 0.2) is 11.6 Å². The normalized spacial score (nSPS) is 18.1. The van der Waals surface area contributed by atoms with Crippen LogP contribution in [0.1, 0.15) is 84.3 Å². The summed E-state index contributed by atoms with van der Waals surface area (Å²) in [5.41, 5.74) is 1.04. The van der Waals surface area contributed by atoms with Crippen LogP contribution < -0.4 is 0 Å². The molecule has 28 heavy (non-hydrogen) atoms. The van der Waals surface area contributed by atoms with Gasteiger partial charge in [-0.05, 0) is 60.5 Å². The van der Waals surface area contributed by atoms with Gasteiger partial charge < -0.3 is 9.09 Å². The van der Waals surface area contributed by atoms with Gasteiger partial charge in [-0.25, -0.2) is 9.55 Å². The lowest BCUT2D eigenvalue weighted by Crippen LogP contribution is -2.18. The maximum absolute atomic E-state index is 13.3. The molecule has 0 amide bonds. The summed E-state index contributed by atoms with van der Waals surface area (Å²) in [6.07, 6.45) is 8.72. The number of aryl methyl sites for hydroxylation is 1. The van der Waals surface area contributed by atoms with Crippen molar-refractivity contribution in [1.82, 2.24) is 9.55 Å². The van der Waals surface area contributed by atoms with E-state index in [9.17, 15) is 4.57 Å². The fraction of sp³-hybridized carbons (Fsp3) is 0.750. The monoisotopic (exact) mass is 432 g/mol. The standard InChI is InChI=1S/C20H34ClN2O4P/c1-14(2)25-28(24,26-15(3)4)27-19(12-16(5)21)20-22-13-17(6)23(20)18-10-8-7-9-11-18/h12-16,18H,7-11H2,1-6H3/b19-12-. The molecule has 0 bridgehead atoms. The Morgan fingerprint density at radius 1 is 1.18 bits per heavy atom. The van der Waals surface area contributed by atoms with Gasteiger partial charge in [0.05, 0.1) is 17.6 Å². The van der Waals surface area contributed by atoms with Crippen LogP contribution in [0.5, 0.6) is 0 Å². The molecule has 1 aromatic heterocycles. The molecule has 160 valence electrons. The van der Waals surface area contributed by atoms with Crippen molar-refractivity contribution >= 4 is 25.2 Å². The van der Waals surface area contributed by atoms with Crippen molar-refractivity contribution in [3.8, 4) is 0 Å². The van der Waals surface area contributed by atoms with Crippen LogP contribution in [0.15, 0.2) is 12.3 Å². The molecule has 6 nitrogen and oxygen atoms in total. The van der Waals surface area contributed by atoms with Gasteiger partial charge in [0.25, 0.3) is 0 Å². The Morgan fingerprint density at radius 3 is 2.25 bits per heavy atom. The van der Waals surface area contributed by atoms with Crippen LogP contribution in [0.3, 0.4) is 0 Å². The second kappa shape index (κ2) is 10.3. The van der Waals surface area contributed by atoms with Gasteiger partial charge in [-0.2, -0.15) is 0 Å². The third-order valence-electron chi connectivity index (χ3n) is 4.41. The van der Waals surface area contributed by atoms with Crippen LogP contribution in [-0.2, 0) is 18.1 Å². The van der Waals surface area contributed by atoms with E-state index in [0.717, 1.165) is 18.5 Å². The Hall–Kier alpha value is -0.810. The van der Waals surface area contributed by atoms with Gasteiger partial charge in [0.2, 0.25) is 0 Å². The zero-order valence-corrected chi connectivity index (χ0v) is 19.5. The summed E-state index contributed by atoms with van der Waals surface area (Å²) in [6.45, 7) is 11.0. The molecular formula is C20H34ClN2O4P. The third-order valence-corrected chi connectivity index (χ3v) is 6.32. The lowest BCUT2D eigenvalue weighted by Gasteiger charge is -2.28. The fourth-order valence-corrected chi connectivity index (χ4v) is 5.15. The number of nitrogens with zero attached hydrogens (tertiary/aromatic N) is 2. The first-order chi connectivity index (χ1) is 13.1. The Bertz CT molecular complexity index is 695. The molecule has 0 radical (unpaired) electrons. The van der Waals surface area contributed by atoms with E-state index in [-0.39, 0.29) is 17.6 Å². The van der Waals surface area contributed by atoms with E-state index in [0.29, 0.717) is 17.6 Å². The molecule has 1 saturated carbocycles. The summed E-state index contributed by atoms with van der Waals surface area (Å²) >= 11 is 6.24. The average Bonchev–Trinajstić information content (AvgIpc) is 2.94. The number of aromatic nitrogens is 2. The van der Waals surface area contributed by atoms with E-state index in [1.54, 1.807) is 33.8 Å². The number of imidazole rings is 1. The van der Waals surface area contributed by atoms with Gasteiger partial charge in [-0.15, -0.1) is 11.6 Å². The zero-order valence-electron chi connectivity index (χ0n) is 17.9. The Labute approximate surface area is 174 Å². The molecule has 1 fully saturated rings. The number of alkyl halides is 1. The van der Waals surface area contributed by atoms with E-state index in [4.69, 9.17) is 25.2 Å². The van der Waals surface area contributed by atoms with Crippen molar-refractivity contribution < 1.29 is 18.1 Å². The summed E-state index contributed by atoms with van der Waals surface area (Å²) < 4.78 is 32.5. The summed E-state index contributed by atoms with van der Waals surface area (Å²) in [5, 5.41) is -0.335. The Kier molecular flexibility index (Phi) is 8.62. The number of hydrogen-bond donors (Lipinski definition) is 0. The van der Waals surface area contributed by atoms with E-state index in [1.807, 2.05) is 20.0 Å². The van der Waals surface area contributed by atoms with Crippen LogP contribution in [-0.4, -0.2) is 27.1 Å². The van der Waals surface area contributed by atoms with Crippen LogP contribution in [0.25, 0.3) is 5.76 Å². The number of phosphoric ester groups is 1. The molecule has 0 aliphatic heterocycles. The van der Waals surface area contributed by atoms with Gasteiger partial charge in [-0.1, -0.05) is 19.3 Å². The molecule has 0 N–H and O–H groups in total. The van der Waals surface area contributed by atoms with E-state index >= 15 is 0 Å². The molecule has 8 heteroatoms. The predicted molar refractivity (Wildman–Crippen MR) is 114 cm³/mol. The summed E-state index contributed by atoms with van der Waals surface area (Å²) in [5.74, 6) is 0.961. The molecule has 1 unspecified atom stereocenters. The second-order valence-corrected chi connectivity index (χ2v) is 10.1. The fourth-order valence-electron chi connectivity index (χ4n) is 3.49. The molecule has 2 rings (SSSR count). The lowest BCUT2D eigenvalue weighted by molar-refractivity contribution is 0.0970. The number of allylic oxidation sites excluding steroid dienone is 1. The van der Waals surface area contributed by atoms with Crippen molar-refractivity contribution in [2.24, 2.45) is 0 Å². The van der Waals surface area contributed by atoms with Crippen LogP contribution in [0.4, 0.5) is 0 Å². The van der Waals surface area contributed by atoms with Gasteiger partial charge in [-0.3, -0.25) is 9.05 Å². The maximum atomic E-state index is 13.3. The first-order valence-electron chi connectivity index (χ1n) is 10.2. The minimum absolute atomic E-state index is 0.320. The summed E-state index contributed by atoms with van der Waals surface area (Å²) in [7, 11) is -3.84. The minimum atomic E-state index is -3.84. The minimum Gasteiger partial charge on any atom is -0.400 e. The van der Waals surface area contributed by atoms with Crippen molar-refractivity contribution in [3.63, 3.8) is 0 Å². The zero-order chi connectivity index (χ0) is 20.9. The summed E-state index contributed by atoms with van der Waals surface area (Å²) in [4.78, 5) is 4.57. The molecule has 0 spiro atoms. The highest BCUT2D eigenvalue weighted by Gasteiger charge is 2.35. The van der Waals surface area contributed by atoms with E-state index < -0.39 is 7.82 Å². The van der Waals surface area contributed by atoms with Crippen LogP contribution >= 0.6 is 19.4 Å². The highest BCUT2D eigenvalue weighted by Crippen LogP contribution is 2.55. The SMILES string of the molecule is Cc1cnc(/C(=C/C(C)Cl)OP(=O)(OC(C)C)OC(C)C)n1C1CCCCC1. The number of phosphoric acid groups is 1. The Morgan fingerprint density at radius 2 is 1.75 bits per heavy atom. The number of hydrogen-bond acceptors (Lipinski definition) is 5. The van der Waals surface area contributed by atoms with Crippen molar-refractivity contribution in [2.75, 3.05) is 0 Å². The molecule has 1 atom stereocenters. The molecule has 0 saturated heterocycles. The Balaban J connectivity index is 2.43. The molecular weight excluding hydrogens is 399 g/mol. The average molecular weight is 433 g/mol. The molecule has 1 aliphatic carbocycles. The predicted octanol–water partition coefficient (Wildman–Crippen LogP) is 6.64. The van der Waals surface area contributed by atoms with E-state index in [1.165, 1.54) is 19.3 Å². The summed E-state index contributed by atoms with van der Waals surface area (Å²) in [6, 6.07) is 0.348. The van der Waals surface area contributed by atoms with Gasteiger partial charge in [0, 0.05) is 17.9 Å².